The number of hydrogen-bond donors (Lipinski definition) is 1. The molecule has 0 aliphatic heterocycles. The summed E-state index contributed by atoms with van der Waals surface area (Å²) in [4.78, 5) is 0. The molecule has 0 amide bonds. The molecule has 0 unspecified atom stereocenters. The number of nitrogen functional groups attached to an aromatic ring is 1. The second-order valence-electron chi connectivity index (χ2n) is 5.03. The van der Waals surface area contributed by atoms with Crippen LogP contribution in [0.5, 0.6) is 0 Å². The van der Waals surface area contributed by atoms with Crippen molar-refractivity contribution in [2.24, 2.45) is 0 Å². The van der Waals surface area contributed by atoms with Crippen molar-refractivity contribution < 1.29 is 4.74 Å². The molecule has 4 nitrogen and oxygen atoms in total. The minimum Gasteiger partial charge on any atom is -0.396 e. The molecule has 0 aromatic carbocycles. The summed E-state index contributed by atoms with van der Waals surface area (Å²) in [5.41, 5.74) is 7.38. The predicted octanol–water partition coefficient (Wildman–Crippen LogP) is 2.09. The van der Waals surface area contributed by atoms with E-state index in [-0.39, 0.29) is 0 Å². The van der Waals surface area contributed by atoms with Crippen LogP contribution in [0.15, 0.2) is 6.20 Å². The summed E-state index contributed by atoms with van der Waals surface area (Å²) in [6.07, 6.45) is 1.66. The molecule has 0 saturated heterocycles. The Labute approximate surface area is 92.4 Å². The molecule has 0 aliphatic carbocycles. The van der Waals surface area contributed by atoms with Gasteiger partial charge >= 0.3 is 0 Å². The molecule has 0 spiro atoms. The maximum absolute atomic E-state index is 5.68. The predicted molar refractivity (Wildman–Crippen MR) is 65.5 cm³/mol. The fraction of sp³-hybridized carbons (Fsp3) is 0.700. The highest BCUT2D eigenvalue weighted by Gasteiger charge is 2.12. The molecule has 86 valence electrons. The average molecular weight is 227 g/mol. The first kappa shape index (κ1) is 12.3. The Bertz CT molecular complexity index is 317. The Morgan fingerprint density at radius 1 is 1.47 bits per heavy atom. The van der Waals surface area contributed by atoms with Gasteiger partial charge in [-0.25, -0.2) is 4.68 Å². The molecule has 0 bridgehead atoms. The zero-order valence-electron chi connectivity index (χ0n) is 10.1. The molecule has 0 aliphatic rings. The fourth-order valence-electron chi connectivity index (χ4n) is 1.12. The Hall–Kier alpha value is -0.813. The van der Waals surface area contributed by atoms with Crippen molar-refractivity contribution in [2.45, 2.75) is 39.3 Å². The van der Waals surface area contributed by atoms with Crippen molar-refractivity contribution in [1.29, 1.82) is 0 Å². The lowest BCUT2D eigenvalue weighted by Crippen LogP contribution is -2.22. The second kappa shape index (κ2) is 4.81. The monoisotopic (exact) mass is 227 g/mol. The van der Waals surface area contributed by atoms with Gasteiger partial charge in [-0.2, -0.15) is 5.10 Å². The van der Waals surface area contributed by atoms with Crippen molar-refractivity contribution in [3.8, 4) is 0 Å². The Morgan fingerprint density at radius 3 is 2.60 bits per heavy atom. The molecule has 0 saturated carbocycles. The summed E-state index contributed by atoms with van der Waals surface area (Å²) < 4.78 is 7.36. The van der Waals surface area contributed by atoms with E-state index in [1.165, 1.54) is 6.04 Å². The van der Waals surface area contributed by atoms with Crippen molar-refractivity contribution in [3.05, 3.63) is 11.9 Å². The first-order valence-corrected chi connectivity index (χ1v) is 8.96. The minimum absolute atomic E-state index is 0.507. The van der Waals surface area contributed by atoms with Crippen LogP contribution in [0.2, 0.25) is 25.7 Å². The van der Waals surface area contributed by atoms with E-state index in [0.29, 0.717) is 6.73 Å². The van der Waals surface area contributed by atoms with E-state index >= 15 is 0 Å². The number of nitrogens with two attached hydrogens (primary N) is 1. The van der Waals surface area contributed by atoms with Crippen LogP contribution < -0.4 is 5.73 Å². The third-order valence-electron chi connectivity index (χ3n) is 2.35. The molecule has 2 N–H and O–H groups in total. The normalized spacial score (nSPS) is 12.0. The SMILES string of the molecule is Cc1c(N)cnn1COCC[Si](C)(C)C. The number of anilines is 1. The van der Waals surface area contributed by atoms with Crippen LogP contribution in [0.1, 0.15) is 5.69 Å². The van der Waals surface area contributed by atoms with Crippen LogP contribution >= 0.6 is 0 Å². The van der Waals surface area contributed by atoms with Crippen LogP contribution in [-0.2, 0) is 11.5 Å². The Kier molecular flexibility index (Phi) is 3.93. The van der Waals surface area contributed by atoms with Crippen LogP contribution in [0, 0.1) is 6.92 Å². The third-order valence-corrected chi connectivity index (χ3v) is 4.06. The number of hydrogen-bond acceptors (Lipinski definition) is 3. The lowest BCUT2D eigenvalue weighted by molar-refractivity contribution is 0.0772. The molecule has 1 aromatic heterocycles. The second-order valence-corrected chi connectivity index (χ2v) is 10.7. The number of rotatable bonds is 5. The van der Waals surface area contributed by atoms with E-state index in [2.05, 4.69) is 24.7 Å². The topological polar surface area (TPSA) is 53.1 Å². The van der Waals surface area contributed by atoms with E-state index in [1.54, 1.807) is 10.9 Å². The summed E-state index contributed by atoms with van der Waals surface area (Å²) in [5.74, 6) is 0. The van der Waals surface area contributed by atoms with Gasteiger partial charge in [0.05, 0.1) is 17.6 Å². The highest BCUT2D eigenvalue weighted by atomic mass is 28.3. The molecule has 0 radical (unpaired) electrons. The highest BCUT2D eigenvalue weighted by molar-refractivity contribution is 6.76. The molecule has 1 heterocycles. The standard InChI is InChI=1S/C10H21N3OSi/c1-9-10(11)7-12-13(9)8-14-5-6-15(2,3)4/h7H,5-6,8,11H2,1-4H3. The lowest BCUT2D eigenvalue weighted by atomic mass is 10.4. The van der Waals surface area contributed by atoms with Gasteiger partial charge in [0.2, 0.25) is 0 Å². The van der Waals surface area contributed by atoms with E-state index in [0.717, 1.165) is 18.0 Å². The lowest BCUT2D eigenvalue weighted by Gasteiger charge is -2.15. The molecule has 1 rings (SSSR count). The van der Waals surface area contributed by atoms with E-state index in [9.17, 15) is 0 Å². The van der Waals surface area contributed by atoms with Crippen LogP contribution in [0.4, 0.5) is 5.69 Å². The number of nitrogens with zero attached hydrogens (tertiary/aromatic N) is 2. The van der Waals surface area contributed by atoms with Gasteiger partial charge in [-0.15, -0.1) is 0 Å². The van der Waals surface area contributed by atoms with Gasteiger partial charge in [0.15, 0.2) is 0 Å². The molecular formula is C10H21N3OSi. The van der Waals surface area contributed by atoms with E-state index in [1.807, 2.05) is 6.92 Å². The summed E-state index contributed by atoms with van der Waals surface area (Å²) in [7, 11) is -0.983. The molecule has 0 fully saturated rings. The van der Waals surface area contributed by atoms with Crippen molar-refractivity contribution in [2.75, 3.05) is 12.3 Å². The van der Waals surface area contributed by atoms with Crippen molar-refractivity contribution >= 4 is 13.8 Å². The molecule has 0 atom stereocenters. The first-order valence-electron chi connectivity index (χ1n) is 5.26. The van der Waals surface area contributed by atoms with Gasteiger partial charge in [0.1, 0.15) is 6.73 Å². The van der Waals surface area contributed by atoms with Gasteiger partial charge in [-0.1, -0.05) is 19.6 Å². The molecule has 15 heavy (non-hydrogen) atoms. The van der Waals surface area contributed by atoms with Crippen LogP contribution in [0.25, 0.3) is 0 Å². The summed E-state index contributed by atoms with van der Waals surface area (Å²) in [6.45, 7) is 10.3. The summed E-state index contributed by atoms with van der Waals surface area (Å²) in [5, 5.41) is 4.13. The van der Waals surface area contributed by atoms with Gasteiger partial charge in [0, 0.05) is 14.7 Å². The third kappa shape index (κ3) is 4.05. The maximum Gasteiger partial charge on any atom is 0.139 e. The number of ether oxygens (including phenoxy) is 1. The Morgan fingerprint density at radius 2 is 2.13 bits per heavy atom. The Balaban J connectivity index is 2.30. The quantitative estimate of drug-likeness (QED) is 0.619. The molecule has 5 heteroatoms. The van der Waals surface area contributed by atoms with E-state index < -0.39 is 8.07 Å². The summed E-state index contributed by atoms with van der Waals surface area (Å²) >= 11 is 0. The fourth-order valence-corrected chi connectivity index (χ4v) is 1.88. The largest absolute Gasteiger partial charge is 0.396 e. The highest BCUT2D eigenvalue weighted by Crippen LogP contribution is 2.10. The van der Waals surface area contributed by atoms with E-state index in [4.69, 9.17) is 10.5 Å². The van der Waals surface area contributed by atoms with Gasteiger partial charge in [0.25, 0.3) is 0 Å². The van der Waals surface area contributed by atoms with Crippen LogP contribution in [-0.4, -0.2) is 24.5 Å². The summed E-state index contributed by atoms with van der Waals surface area (Å²) in [6, 6.07) is 1.18. The zero-order valence-corrected chi connectivity index (χ0v) is 11.1. The number of aromatic nitrogens is 2. The van der Waals surface area contributed by atoms with Crippen LogP contribution in [0.3, 0.4) is 0 Å². The van der Waals surface area contributed by atoms with Gasteiger partial charge < -0.3 is 10.5 Å². The molecule has 1 aromatic rings. The van der Waals surface area contributed by atoms with Crippen molar-refractivity contribution in [1.82, 2.24) is 9.78 Å². The first-order chi connectivity index (χ1) is 6.90. The molecular weight excluding hydrogens is 206 g/mol. The van der Waals surface area contributed by atoms with Gasteiger partial charge in [-0.3, -0.25) is 0 Å². The zero-order chi connectivity index (χ0) is 11.5. The average Bonchev–Trinajstić information content (AvgIpc) is 2.42. The van der Waals surface area contributed by atoms with Gasteiger partial charge in [-0.05, 0) is 13.0 Å². The minimum atomic E-state index is -0.983. The smallest absolute Gasteiger partial charge is 0.139 e. The maximum atomic E-state index is 5.68. The van der Waals surface area contributed by atoms with Crippen molar-refractivity contribution in [3.63, 3.8) is 0 Å².